The summed E-state index contributed by atoms with van der Waals surface area (Å²) in [4.78, 5) is 37.5. The molecule has 1 atom stereocenters. The van der Waals surface area contributed by atoms with Crippen LogP contribution in [-0.4, -0.2) is 27.6 Å². The molecule has 40 heavy (non-hydrogen) atoms. The minimum atomic E-state index is -2.29. The number of benzene rings is 3. The number of aromatic nitrogens is 1. The first-order chi connectivity index (χ1) is 18.8. The van der Waals surface area contributed by atoms with Crippen LogP contribution < -0.4 is 10.9 Å². The SMILES string of the molecule is CC(=O)c1cccc(C#CC(O)(CC(C)(C)c2cc(F)ccc2Cl)C(=O)Nc2ccc3c(=O)onc(C)c3c2)c1. The largest absolute Gasteiger partial charge is 0.369 e. The van der Waals surface area contributed by atoms with E-state index in [9.17, 15) is 23.9 Å². The summed E-state index contributed by atoms with van der Waals surface area (Å²) in [6.45, 7) is 6.51. The van der Waals surface area contributed by atoms with Gasteiger partial charge in [0.2, 0.25) is 5.60 Å². The molecular formula is C31H26ClFN2O5. The van der Waals surface area contributed by atoms with E-state index < -0.39 is 28.4 Å². The van der Waals surface area contributed by atoms with Crippen LogP contribution in [0.4, 0.5) is 10.1 Å². The zero-order valence-electron chi connectivity index (χ0n) is 22.3. The predicted molar refractivity (Wildman–Crippen MR) is 151 cm³/mol. The van der Waals surface area contributed by atoms with Gasteiger partial charge in [-0.15, -0.1) is 0 Å². The first-order valence-corrected chi connectivity index (χ1v) is 12.7. The van der Waals surface area contributed by atoms with Crippen molar-refractivity contribution >= 4 is 39.8 Å². The van der Waals surface area contributed by atoms with Crippen molar-refractivity contribution in [3.63, 3.8) is 0 Å². The van der Waals surface area contributed by atoms with E-state index in [4.69, 9.17) is 16.1 Å². The van der Waals surface area contributed by atoms with Gasteiger partial charge in [0, 0.05) is 33.6 Å². The van der Waals surface area contributed by atoms with Crippen LogP contribution in [0.25, 0.3) is 10.8 Å². The summed E-state index contributed by atoms with van der Waals surface area (Å²) >= 11 is 6.37. The highest BCUT2D eigenvalue weighted by Crippen LogP contribution is 2.37. The highest BCUT2D eigenvalue weighted by atomic mass is 35.5. The predicted octanol–water partition coefficient (Wildman–Crippen LogP) is 5.58. The van der Waals surface area contributed by atoms with E-state index in [-0.39, 0.29) is 28.3 Å². The van der Waals surface area contributed by atoms with Crippen LogP contribution >= 0.6 is 11.6 Å². The Morgan fingerprint density at radius 2 is 1.85 bits per heavy atom. The number of hydrogen-bond donors (Lipinski definition) is 2. The van der Waals surface area contributed by atoms with Crippen molar-refractivity contribution in [1.29, 1.82) is 0 Å². The van der Waals surface area contributed by atoms with Crippen molar-refractivity contribution in [3.05, 3.63) is 104 Å². The number of fused-ring (bicyclic) bond motifs is 1. The molecule has 7 nitrogen and oxygen atoms in total. The van der Waals surface area contributed by atoms with E-state index in [0.29, 0.717) is 27.8 Å². The fraction of sp³-hybridized carbons (Fsp3) is 0.226. The Morgan fingerprint density at radius 1 is 1.10 bits per heavy atom. The van der Waals surface area contributed by atoms with Crippen LogP contribution in [0.15, 0.2) is 70.0 Å². The lowest BCUT2D eigenvalue weighted by molar-refractivity contribution is -0.130. The molecule has 0 radical (unpaired) electrons. The lowest BCUT2D eigenvalue weighted by atomic mass is 9.75. The van der Waals surface area contributed by atoms with Crippen LogP contribution in [0.1, 0.15) is 54.4 Å². The summed E-state index contributed by atoms with van der Waals surface area (Å²) in [6.07, 6.45) is -0.258. The van der Waals surface area contributed by atoms with Gasteiger partial charge in [-0.05, 0) is 73.4 Å². The molecular weight excluding hydrogens is 535 g/mol. The first kappa shape index (κ1) is 28.7. The molecule has 0 saturated heterocycles. The number of nitrogens with zero attached hydrogens (tertiary/aromatic N) is 1. The van der Waals surface area contributed by atoms with Crippen LogP contribution in [0.2, 0.25) is 5.02 Å². The zero-order valence-corrected chi connectivity index (χ0v) is 23.0. The van der Waals surface area contributed by atoms with Gasteiger partial charge in [-0.1, -0.05) is 54.6 Å². The Labute approximate surface area is 235 Å². The number of aliphatic hydroxyl groups is 1. The number of amides is 1. The second-order valence-corrected chi connectivity index (χ2v) is 10.6. The number of carbonyl (C=O) groups is 2. The van der Waals surface area contributed by atoms with Gasteiger partial charge in [-0.3, -0.25) is 9.59 Å². The van der Waals surface area contributed by atoms with Gasteiger partial charge >= 0.3 is 5.63 Å². The molecule has 0 fully saturated rings. The number of carbonyl (C=O) groups excluding carboxylic acids is 2. The maximum absolute atomic E-state index is 14.1. The Morgan fingerprint density at radius 3 is 2.58 bits per heavy atom. The van der Waals surface area contributed by atoms with E-state index in [2.05, 4.69) is 22.3 Å². The van der Waals surface area contributed by atoms with Gasteiger partial charge in [-0.2, -0.15) is 0 Å². The Kier molecular flexibility index (Phi) is 7.92. The normalized spacial score (nSPS) is 12.8. The van der Waals surface area contributed by atoms with Crippen molar-refractivity contribution in [1.82, 2.24) is 5.16 Å². The van der Waals surface area contributed by atoms with E-state index in [1.807, 2.05) is 0 Å². The summed E-state index contributed by atoms with van der Waals surface area (Å²) in [5, 5.41) is 19.2. The van der Waals surface area contributed by atoms with Crippen LogP contribution in [0.5, 0.6) is 0 Å². The molecule has 1 unspecified atom stereocenters. The van der Waals surface area contributed by atoms with Gasteiger partial charge in [0.15, 0.2) is 5.78 Å². The van der Waals surface area contributed by atoms with Gasteiger partial charge in [-0.25, -0.2) is 9.18 Å². The number of rotatable bonds is 6. The third-order valence-corrected chi connectivity index (χ3v) is 6.90. The van der Waals surface area contributed by atoms with Crippen LogP contribution in [0, 0.1) is 24.6 Å². The maximum Gasteiger partial charge on any atom is 0.366 e. The molecule has 0 aliphatic heterocycles. The zero-order chi connectivity index (χ0) is 29.2. The molecule has 2 N–H and O–H groups in total. The van der Waals surface area contributed by atoms with Crippen molar-refractivity contribution < 1.29 is 23.6 Å². The molecule has 0 bridgehead atoms. The minimum Gasteiger partial charge on any atom is -0.369 e. The average molecular weight is 561 g/mol. The Balaban J connectivity index is 1.77. The summed E-state index contributed by atoms with van der Waals surface area (Å²) in [6, 6.07) is 14.9. The van der Waals surface area contributed by atoms with Gasteiger partial charge < -0.3 is 14.9 Å². The number of aryl methyl sites for hydroxylation is 1. The second-order valence-electron chi connectivity index (χ2n) is 10.2. The number of ketones is 1. The smallest absolute Gasteiger partial charge is 0.366 e. The molecule has 4 aromatic rings. The number of Topliss-reactive ketones (excluding diaryl/α,β-unsaturated/α-hetero) is 1. The quantitative estimate of drug-likeness (QED) is 0.235. The lowest BCUT2D eigenvalue weighted by Crippen LogP contribution is -2.46. The molecule has 0 saturated carbocycles. The summed E-state index contributed by atoms with van der Waals surface area (Å²) in [7, 11) is 0. The van der Waals surface area contributed by atoms with Gasteiger partial charge in [0.25, 0.3) is 5.91 Å². The van der Waals surface area contributed by atoms with Crippen LogP contribution in [-0.2, 0) is 10.2 Å². The van der Waals surface area contributed by atoms with E-state index in [1.165, 1.54) is 37.3 Å². The summed E-state index contributed by atoms with van der Waals surface area (Å²) in [5.74, 6) is 3.97. The Bertz CT molecular complexity index is 1770. The fourth-order valence-electron chi connectivity index (χ4n) is 4.47. The summed E-state index contributed by atoms with van der Waals surface area (Å²) in [5.41, 5.74) is -1.97. The van der Waals surface area contributed by atoms with Crippen molar-refractivity contribution in [2.45, 2.75) is 45.1 Å². The molecule has 1 heterocycles. The third-order valence-electron chi connectivity index (χ3n) is 6.57. The minimum absolute atomic E-state index is 0.159. The van der Waals surface area contributed by atoms with Crippen LogP contribution in [0.3, 0.4) is 0 Å². The molecule has 1 aromatic heterocycles. The molecule has 1 amide bonds. The fourth-order valence-corrected chi connectivity index (χ4v) is 4.84. The third kappa shape index (κ3) is 6.12. The molecule has 0 aliphatic carbocycles. The highest BCUT2D eigenvalue weighted by molar-refractivity contribution is 6.31. The van der Waals surface area contributed by atoms with Crippen molar-refractivity contribution in [2.24, 2.45) is 0 Å². The van der Waals surface area contributed by atoms with Gasteiger partial charge in [0.05, 0.1) is 11.1 Å². The van der Waals surface area contributed by atoms with E-state index >= 15 is 0 Å². The topological polar surface area (TPSA) is 110 Å². The second kappa shape index (κ2) is 11.0. The molecule has 0 aliphatic rings. The molecule has 0 spiro atoms. The summed E-state index contributed by atoms with van der Waals surface area (Å²) < 4.78 is 18.9. The monoisotopic (exact) mass is 560 g/mol. The average Bonchev–Trinajstić information content (AvgIpc) is 2.91. The Hall–Kier alpha value is -4.32. The standard InChI is InChI=1S/C31H26ClFN2O5/c1-18-25-16-23(9-10-24(25)28(37)40-35-18)34-29(38)31(39,13-12-20-6-5-7-21(14-20)19(2)36)17-30(3,4)26-15-22(33)8-11-27(26)32/h5-11,14-16,39H,17H2,1-4H3,(H,34,38). The molecule has 3 aromatic carbocycles. The number of halogens is 2. The first-order valence-electron chi connectivity index (χ1n) is 12.3. The van der Waals surface area contributed by atoms with Crippen molar-refractivity contribution in [2.75, 3.05) is 5.32 Å². The molecule has 4 rings (SSSR count). The molecule has 9 heteroatoms. The maximum atomic E-state index is 14.1. The number of nitrogens with one attached hydrogen (secondary N) is 1. The number of anilines is 1. The highest BCUT2D eigenvalue weighted by Gasteiger charge is 2.41. The number of hydrogen-bond acceptors (Lipinski definition) is 6. The van der Waals surface area contributed by atoms with E-state index in [0.717, 1.165) is 0 Å². The van der Waals surface area contributed by atoms with Gasteiger partial charge in [0.1, 0.15) is 5.82 Å². The van der Waals surface area contributed by atoms with Crippen molar-refractivity contribution in [3.8, 4) is 11.8 Å². The lowest BCUT2D eigenvalue weighted by Gasteiger charge is -2.33. The molecule has 204 valence electrons. The van der Waals surface area contributed by atoms with E-state index in [1.54, 1.807) is 51.1 Å².